The molecule has 0 saturated carbocycles. The van der Waals surface area contributed by atoms with E-state index in [0.717, 1.165) is 16.8 Å². The summed E-state index contributed by atoms with van der Waals surface area (Å²) in [5.41, 5.74) is 1.75. The van der Waals surface area contributed by atoms with Crippen LogP contribution in [0.1, 0.15) is 16.1 Å². The Morgan fingerprint density at radius 2 is 1.90 bits per heavy atom. The number of hydrogen-bond acceptors (Lipinski definition) is 2. The summed E-state index contributed by atoms with van der Waals surface area (Å²) in [5.74, 6) is -0.155. The maximum absolute atomic E-state index is 11.2. The average molecular weight is 267 g/mol. The summed E-state index contributed by atoms with van der Waals surface area (Å²) in [4.78, 5) is 14.3. The highest BCUT2D eigenvalue weighted by atomic mass is 16.5. The molecule has 0 radical (unpaired) electrons. The lowest BCUT2D eigenvalue weighted by atomic mass is 10.1. The van der Waals surface area contributed by atoms with Gasteiger partial charge in [0.15, 0.2) is 0 Å². The molecular weight excluding hydrogens is 254 g/mol. The predicted molar refractivity (Wildman–Crippen MR) is 76.0 cm³/mol. The van der Waals surface area contributed by atoms with Gasteiger partial charge in [0.2, 0.25) is 0 Å². The fourth-order valence-electron chi connectivity index (χ4n) is 2.15. The number of benzene rings is 2. The lowest BCUT2D eigenvalue weighted by Crippen LogP contribution is -1.98. The number of H-pyrrole nitrogens is 1. The van der Waals surface area contributed by atoms with Crippen molar-refractivity contribution >= 4 is 16.9 Å². The lowest BCUT2D eigenvalue weighted by Gasteiger charge is -2.03. The van der Waals surface area contributed by atoms with Gasteiger partial charge < -0.3 is 14.8 Å². The van der Waals surface area contributed by atoms with Crippen LogP contribution in [0.15, 0.2) is 54.6 Å². The molecule has 0 aliphatic carbocycles. The first kappa shape index (κ1) is 12.3. The molecule has 1 aromatic heterocycles. The summed E-state index contributed by atoms with van der Waals surface area (Å²) in [5, 5.41) is 10.0. The van der Waals surface area contributed by atoms with Crippen LogP contribution in [0.5, 0.6) is 5.75 Å². The molecule has 0 unspecified atom stereocenters. The first-order valence-electron chi connectivity index (χ1n) is 6.26. The Morgan fingerprint density at radius 1 is 1.10 bits per heavy atom. The van der Waals surface area contributed by atoms with Crippen molar-refractivity contribution in [2.45, 2.75) is 6.61 Å². The highest BCUT2D eigenvalue weighted by Gasteiger charge is 2.10. The largest absolute Gasteiger partial charge is 0.487 e. The summed E-state index contributed by atoms with van der Waals surface area (Å²) in [6.45, 7) is 0.373. The van der Waals surface area contributed by atoms with Crippen molar-refractivity contribution < 1.29 is 14.6 Å². The predicted octanol–water partition coefficient (Wildman–Crippen LogP) is 3.45. The number of hydrogen-bond donors (Lipinski definition) is 2. The minimum Gasteiger partial charge on any atom is -0.487 e. The fraction of sp³-hybridized carbons (Fsp3) is 0.0625. The van der Waals surface area contributed by atoms with Crippen molar-refractivity contribution in [3.63, 3.8) is 0 Å². The summed E-state index contributed by atoms with van der Waals surface area (Å²) in [7, 11) is 0. The molecule has 0 aliphatic rings. The molecular formula is C16H13NO3. The van der Waals surface area contributed by atoms with Gasteiger partial charge in [-0.15, -0.1) is 0 Å². The molecule has 100 valence electrons. The maximum Gasteiger partial charge on any atom is 0.337 e. The van der Waals surface area contributed by atoms with Crippen molar-refractivity contribution in [3.8, 4) is 5.75 Å². The van der Waals surface area contributed by atoms with Crippen LogP contribution in [0, 0.1) is 0 Å². The zero-order valence-corrected chi connectivity index (χ0v) is 10.7. The number of aromatic carboxylic acids is 1. The molecule has 2 aromatic carbocycles. The van der Waals surface area contributed by atoms with E-state index in [-0.39, 0.29) is 5.56 Å². The van der Waals surface area contributed by atoms with Crippen LogP contribution in [0.25, 0.3) is 10.9 Å². The van der Waals surface area contributed by atoms with Crippen LogP contribution in [0.2, 0.25) is 0 Å². The van der Waals surface area contributed by atoms with E-state index in [1.165, 1.54) is 0 Å². The van der Waals surface area contributed by atoms with Crippen LogP contribution in [0.3, 0.4) is 0 Å². The minimum atomic E-state index is -0.937. The molecule has 0 aliphatic heterocycles. The third-order valence-electron chi connectivity index (χ3n) is 3.08. The average Bonchev–Trinajstić information content (AvgIpc) is 2.88. The monoisotopic (exact) mass is 267 g/mol. The molecule has 2 N–H and O–H groups in total. The Bertz CT molecular complexity index is 747. The quantitative estimate of drug-likeness (QED) is 0.761. The molecule has 0 saturated heterocycles. The van der Waals surface area contributed by atoms with Crippen LogP contribution in [-0.2, 0) is 6.61 Å². The van der Waals surface area contributed by atoms with Crippen LogP contribution >= 0.6 is 0 Å². The number of para-hydroxylation sites is 2. The Labute approximate surface area is 115 Å². The molecule has 3 rings (SSSR count). The van der Waals surface area contributed by atoms with Gasteiger partial charge in [0.1, 0.15) is 12.4 Å². The third-order valence-corrected chi connectivity index (χ3v) is 3.08. The number of carbonyl (C=O) groups is 1. The second-order valence-electron chi connectivity index (χ2n) is 4.47. The van der Waals surface area contributed by atoms with Crippen molar-refractivity contribution in [2.75, 3.05) is 0 Å². The van der Waals surface area contributed by atoms with Gasteiger partial charge in [-0.3, -0.25) is 0 Å². The van der Waals surface area contributed by atoms with Crippen molar-refractivity contribution in [1.29, 1.82) is 0 Å². The van der Waals surface area contributed by atoms with Gasteiger partial charge in [-0.25, -0.2) is 4.79 Å². The molecule has 0 atom stereocenters. The fourth-order valence-corrected chi connectivity index (χ4v) is 2.15. The Kier molecular flexibility index (Phi) is 3.13. The van der Waals surface area contributed by atoms with Gasteiger partial charge >= 0.3 is 5.97 Å². The van der Waals surface area contributed by atoms with Gasteiger partial charge in [0.05, 0.1) is 16.8 Å². The van der Waals surface area contributed by atoms with E-state index in [9.17, 15) is 4.79 Å². The van der Waals surface area contributed by atoms with E-state index >= 15 is 0 Å². The van der Waals surface area contributed by atoms with Crippen LogP contribution < -0.4 is 4.74 Å². The highest BCUT2D eigenvalue weighted by Crippen LogP contribution is 2.20. The van der Waals surface area contributed by atoms with E-state index in [1.807, 2.05) is 42.5 Å². The van der Waals surface area contributed by atoms with Crippen LogP contribution in [0.4, 0.5) is 0 Å². The maximum atomic E-state index is 11.2. The zero-order chi connectivity index (χ0) is 13.9. The smallest absolute Gasteiger partial charge is 0.337 e. The molecule has 3 aromatic rings. The van der Waals surface area contributed by atoms with E-state index in [0.29, 0.717) is 12.1 Å². The Balaban J connectivity index is 1.86. The third kappa shape index (κ3) is 2.36. The molecule has 0 bridgehead atoms. The molecule has 0 fully saturated rings. The van der Waals surface area contributed by atoms with Gasteiger partial charge in [0.25, 0.3) is 0 Å². The van der Waals surface area contributed by atoms with Crippen molar-refractivity contribution in [1.82, 2.24) is 4.98 Å². The van der Waals surface area contributed by atoms with Gasteiger partial charge in [-0.2, -0.15) is 0 Å². The molecule has 20 heavy (non-hydrogen) atoms. The molecule has 1 heterocycles. The summed E-state index contributed by atoms with van der Waals surface area (Å²) >= 11 is 0. The second kappa shape index (κ2) is 5.09. The minimum absolute atomic E-state index is 0.272. The summed E-state index contributed by atoms with van der Waals surface area (Å²) in [6.07, 6.45) is 0. The molecule has 4 nitrogen and oxygen atoms in total. The number of rotatable bonds is 4. The standard InChI is InChI=1S/C16H13NO3/c18-16(19)14-8-4-5-11-9-12(17-15(11)14)10-20-13-6-2-1-3-7-13/h1-9,17H,10H2,(H,18,19). The number of nitrogens with one attached hydrogen (secondary N) is 1. The van der Waals surface area contributed by atoms with Gasteiger partial charge in [-0.05, 0) is 24.3 Å². The number of fused-ring (bicyclic) bond motifs is 1. The van der Waals surface area contributed by atoms with E-state index in [4.69, 9.17) is 9.84 Å². The molecule has 0 spiro atoms. The first-order chi connectivity index (χ1) is 9.74. The van der Waals surface area contributed by atoms with E-state index in [2.05, 4.69) is 4.98 Å². The topological polar surface area (TPSA) is 62.3 Å². The molecule has 0 amide bonds. The Hall–Kier alpha value is -2.75. The SMILES string of the molecule is O=C(O)c1cccc2cc(COc3ccccc3)[nH]c12. The number of aromatic nitrogens is 1. The first-order valence-corrected chi connectivity index (χ1v) is 6.26. The van der Waals surface area contributed by atoms with Gasteiger partial charge in [0, 0.05) is 5.39 Å². The van der Waals surface area contributed by atoms with Gasteiger partial charge in [-0.1, -0.05) is 30.3 Å². The lowest BCUT2D eigenvalue weighted by molar-refractivity contribution is 0.0699. The van der Waals surface area contributed by atoms with E-state index in [1.54, 1.807) is 12.1 Å². The number of carboxylic acids is 1. The number of carboxylic acid groups (broad SMARTS) is 1. The Morgan fingerprint density at radius 3 is 2.65 bits per heavy atom. The number of ether oxygens (including phenoxy) is 1. The highest BCUT2D eigenvalue weighted by molar-refractivity contribution is 6.02. The summed E-state index contributed by atoms with van der Waals surface area (Å²) < 4.78 is 5.64. The van der Waals surface area contributed by atoms with Crippen LogP contribution in [-0.4, -0.2) is 16.1 Å². The summed E-state index contributed by atoms with van der Waals surface area (Å²) in [6, 6.07) is 16.6. The zero-order valence-electron chi connectivity index (χ0n) is 10.7. The number of aromatic amines is 1. The van der Waals surface area contributed by atoms with E-state index < -0.39 is 5.97 Å². The van der Waals surface area contributed by atoms with Crippen molar-refractivity contribution in [3.05, 3.63) is 65.9 Å². The molecule has 4 heteroatoms. The second-order valence-corrected chi connectivity index (χ2v) is 4.47. The van der Waals surface area contributed by atoms with Crippen molar-refractivity contribution in [2.24, 2.45) is 0 Å². The normalized spacial score (nSPS) is 10.6.